The van der Waals surface area contributed by atoms with E-state index in [1.54, 1.807) is 0 Å². The Morgan fingerprint density at radius 1 is 0.364 bits per heavy atom. The highest BCUT2D eigenvalue weighted by atomic mass is 35.5. The van der Waals surface area contributed by atoms with E-state index in [4.69, 9.17) is 11.6 Å². The van der Waals surface area contributed by atoms with E-state index in [0.29, 0.717) is 5.02 Å². The van der Waals surface area contributed by atoms with Crippen LogP contribution < -0.4 is 4.90 Å². The number of aryl methyl sites for hydroxylation is 6. The molecule has 2 heteroatoms. The van der Waals surface area contributed by atoms with Gasteiger partial charge in [0.25, 0.3) is 0 Å². The van der Waals surface area contributed by atoms with Gasteiger partial charge in [-0.15, -0.1) is 0 Å². The Bertz CT molecular complexity index is 1850. The summed E-state index contributed by atoms with van der Waals surface area (Å²) in [4.78, 5) is 2.34. The predicted octanol–water partition coefficient (Wildman–Crippen LogP) is 12.7. The Morgan fingerprint density at radius 3 is 1.11 bits per heavy atom. The lowest BCUT2D eigenvalue weighted by atomic mass is 9.94. The molecule has 0 saturated carbocycles. The van der Waals surface area contributed by atoms with Gasteiger partial charge >= 0.3 is 0 Å². The zero-order chi connectivity index (χ0) is 31.0. The van der Waals surface area contributed by atoms with Gasteiger partial charge in [0.15, 0.2) is 0 Å². The van der Waals surface area contributed by atoms with Crippen molar-refractivity contribution in [1.29, 1.82) is 0 Å². The van der Waals surface area contributed by atoms with Crippen LogP contribution in [0, 0.1) is 41.5 Å². The Labute approximate surface area is 267 Å². The second-order valence-corrected chi connectivity index (χ2v) is 12.4. The molecule has 0 aliphatic heterocycles. The Balaban J connectivity index is 1.59. The molecule has 1 nitrogen and oxygen atoms in total. The van der Waals surface area contributed by atoms with Crippen LogP contribution in [-0.4, -0.2) is 0 Å². The highest BCUT2D eigenvalue weighted by Gasteiger charge is 2.18. The second kappa shape index (κ2) is 12.2. The molecule has 0 bridgehead atoms. The first-order valence-corrected chi connectivity index (χ1v) is 15.6. The van der Waals surface area contributed by atoms with Gasteiger partial charge in [-0.3, -0.25) is 0 Å². The number of hydrogen-bond acceptors (Lipinski definition) is 1. The predicted molar refractivity (Wildman–Crippen MR) is 191 cm³/mol. The van der Waals surface area contributed by atoms with E-state index in [-0.39, 0.29) is 0 Å². The summed E-state index contributed by atoms with van der Waals surface area (Å²) in [6.45, 7) is 13.1. The van der Waals surface area contributed by atoms with Crippen molar-refractivity contribution < 1.29 is 0 Å². The van der Waals surface area contributed by atoms with E-state index in [0.717, 1.165) is 22.6 Å². The van der Waals surface area contributed by atoms with Gasteiger partial charge in [-0.2, -0.15) is 0 Å². The summed E-state index contributed by atoms with van der Waals surface area (Å²) in [6, 6.07) is 43.7. The molecular weight excluding hydrogens is 554 g/mol. The molecule has 0 saturated heterocycles. The lowest BCUT2D eigenvalue weighted by molar-refractivity contribution is 1.27. The van der Waals surface area contributed by atoms with Crippen LogP contribution >= 0.6 is 11.6 Å². The average molecular weight is 592 g/mol. The third-order valence-corrected chi connectivity index (χ3v) is 8.88. The normalized spacial score (nSPS) is 11.1. The number of halogens is 1. The SMILES string of the molecule is Cc1cccc(C)c1-c1cccc(N(c2cccc(-c3c(C)cccc3C)c2)c2cc(Cl)cc(-c3c(C)cccc3C)c2)c1. The van der Waals surface area contributed by atoms with E-state index < -0.39 is 0 Å². The molecule has 0 aliphatic rings. The van der Waals surface area contributed by atoms with Crippen LogP contribution in [0.25, 0.3) is 33.4 Å². The van der Waals surface area contributed by atoms with Crippen molar-refractivity contribution >= 4 is 28.7 Å². The Hall–Kier alpha value is -4.59. The van der Waals surface area contributed by atoms with Crippen molar-refractivity contribution in [1.82, 2.24) is 0 Å². The van der Waals surface area contributed by atoms with Crippen molar-refractivity contribution in [3.63, 3.8) is 0 Å². The first kappa shape index (κ1) is 29.5. The molecule has 0 aliphatic carbocycles. The number of benzene rings is 6. The Kier molecular flexibility index (Phi) is 8.17. The van der Waals surface area contributed by atoms with Crippen molar-refractivity contribution in [2.75, 3.05) is 4.90 Å². The maximum atomic E-state index is 6.93. The number of hydrogen-bond donors (Lipinski definition) is 0. The molecule has 0 N–H and O–H groups in total. The molecule has 0 heterocycles. The molecule has 218 valence electrons. The molecule has 6 aromatic rings. The molecule has 0 aromatic heterocycles. The van der Waals surface area contributed by atoms with Crippen molar-refractivity contribution in [2.45, 2.75) is 41.5 Å². The molecule has 0 unspecified atom stereocenters. The maximum Gasteiger partial charge on any atom is 0.0482 e. The van der Waals surface area contributed by atoms with E-state index >= 15 is 0 Å². The average Bonchev–Trinajstić information content (AvgIpc) is 2.97. The zero-order valence-corrected chi connectivity index (χ0v) is 27.1. The van der Waals surface area contributed by atoms with Crippen LogP contribution in [0.5, 0.6) is 0 Å². The fourth-order valence-corrected chi connectivity index (χ4v) is 6.93. The van der Waals surface area contributed by atoms with Gasteiger partial charge in [0.2, 0.25) is 0 Å². The fourth-order valence-electron chi connectivity index (χ4n) is 6.71. The standard InChI is InChI=1S/C42H38ClN/c1-27-12-7-13-28(2)40(27)33-18-10-20-37(23-33)44(38-21-11-19-34(24-38)41-29(3)14-8-15-30(41)4)39-25-35(22-36(43)26-39)42-31(5)16-9-17-32(42)6/h7-26H,1-6H3. The second-order valence-electron chi connectivity index (χ2n) is 11.9. The molecule has 0 radical (unpaired) electrons. The van der Waals surface area contributed by atoms with Crippen LogP contribution in [0.4, 0.5) is 17.1 Å². The summed E-state index contributed by atoms with van der Waals surface area (Å²) in [5.41, 5.74) is 18.0. The fraction of sp³-hybridized carbons (Fsp3) is 0.143. The smallest absolute Gasteiger partial charge is 0.0482 e. The van der Waals surface area contributed by atoms with Crippen LogP contribution in [0.3, 0.4) is 0 Å². The minimum Gasteiger partial charge on any atom is -0.310 e. The number of rotatable bonds is 6. The van der Waals surface area contributed by atoms with Gasteiger partial charge in [-0.05, 0) is 151 Å². The summed E-state index contributed by atoms with van der Waals surface area (Å²) in [7, 11) is 0. The highest BCUT2D eigenvalue weighted by molar-refractivity contribution is 6.31. The monoisotopic (exact) mass is 591 g/mol. The molecule has 0 amide bonds. The minimum absolute atomic E-state index is 0.710. The van der Waals surface area contributed by atoms with Crippen LogP contribution in [0.1, 0.15) is 33.4 Å². The van der Waals surface area contributed by atoms with E-state index in [2.05, 4.69) is 168 Å². The molecule has 6 aromatic carbocycles. The summed E-state index contributed by atoms with van der Waals surface area (Å²) in [5, 5.41) is 0.710. The van der Waals surface area contributed by atoms with Gasteiger partial charge in [-0.1, -0.05) is 90.5 Å². The highest BCUT2D eigenvalue weighted by Crippen LogP contribution is 2.42. The van der Waals surface area contributed by atoms with Crippen LogP contribution in [0.15, 0.2) is 121 Å². The summed E-state index contributed by atoms with van der Waals surface area (Å²) >= 11 is 6.93. The maximum absolute atomic E-state index is 6.93. The minimum atomic E-state index is 0.710. The van der Waals surface area contributed by atoms with Crippen molar-refractivity contribution in [2.24, 2.45) is 0 Å². The molecule has 0 spiro atoms. The summed E-state index contributed by atoms with van der Waals surface area (Å²) in [5.74, 6) is 0. The summed E-state index contributed by atoms with van der Waals surface area (Å²) in [6.07, 6.45) is 0. The lowest BCUT2D eigenvalue weighted by Gasteiger charge is -2.28. The molecular formula is C42H38ClN. The van der Waals surface area contributed by atoms with Gasteiger partial charge in [0.1, 0.15) is 0 Å². The summed E-state index contributed by atoms with van der Waals surface area (Å²) < 4.78 is 0. The molecule has 44 heavy (non-hydrogen) atoms. The van der Waals surface area contributed by atoms with E-state index in [9.17, 15) is 0 Å². The van der Waals surface area contributed by atoms with Crippen molar-refractivity contribution in [3.05, 3.63) is 160 Å². The van der Waals surface area contributed by atoms with Crippen molar-refractivity contribution in [3.8, 4) is 33.4 Å². The van der Waals surface area contributed by atoms with Gasteiger partial charge < -0.3 is 4.90 Å². The first-order chi connectivity index (χ1) is 21.2. The van der Waals surface area contributed by atoms with E-state index in [1.165, 1.54) is 61.2 Å². The first-order valence-electron chi connectivity index (χ1n) is 15.2. The Morgan fingerprint density at radius 2 is 0.705 bits per heavy atom. The van der Waals surface area contributed by atoms with Crippen LogP contribution in [0.2, 0.25) is 5.02 Å². The van der Waals surface area contributed by atoms with Gasteiger partial charge in [-0.25, -0.2) is 0 Å². The lowest BCUT2D eigenvalue weighted by Crippen LogP contribution is -2.11. The molecule has 0 atom stereocenters. The number of anilines is 3. The van der Waals surface area contributed by atoms with Gasteiger partial charge in [0, 0.05) is 22.1 Å². The molecule has 0 fully saturated rings. The quantitative estimate of drug-likeness (QED) is 0.186. The third-order valence-electron chi connectivity index (χ3n) is 8.66. The van der Waals surface area contributed by atoms with Crippen LogP contribution in [-0.2, 0) is 0 Å². The van der Waals surface area contributed by atoms with Gasteiger partial charge in [0.05, 0.1) is 0 Å². The largest absolute Gasteiger partial charge is 0.310 e. The van der Waals surface area contributed by atoms with E-state index in [1.807, 2.05) is 0 Å². The topological polar surface area (TPSA) is 3.24 Å². The zero-order valence-electron chi connectivity index (χ0n) is 26.4. The third kappa shape index (κ3) is 5.68. The number of nitrogens with zero attached hydrogens (tertiary/aromatic N) is 1. The molecule has 6 rings (SSSR count).